The van der Waals surface area contributed by atoms with Gasteiger partial charge in [0, 0.05) is 18.6 Å². The van der Waals surface area contributed by atoms with Crippen molar-refractivity contribution in [2.75, 3.05) is 5.32 Å². The zero-order chi connectivity index (χ0) is 16.6. The smallest absolute Gasteiger partial charge is 0.267 e. The van der Waals surface area contributed by atoms with E-state index < -0.39 is 11.5 Å². The number of para-hydroxylation sites is 1. The Kier molecular flexibility index (Phi) is 3.57. The van der Waals surface area contributed by atoms with Crippen LogP contribution in [-0.4, -0.2) is 20.6 Å². The van der Waals surface area contributed by atoms with Crippen LogP contribution in [0.15, 0.2) is 47.4 Å². The van der Waals surface area contributed by atoms with Crippen molar-refractivity contribution in [3.05, 3.63) is 64.1 Å². The minimum Gasteiger partial charge on any atom is -0.506 e. The highest BCUT2D eigenvalue weighted by Crippen LogP contribution is 2.26. The number of fused-ring (bicyclic) bond motifs is 1. The summed E-state index contributed by atoms with van der Waals surface area (Å²) in [6.07, 6.45) is 1.56. The second-order valence-corrected chi connectivity index (χ2v) is 5.28. The molecule has 3 aromatic rings. The molecule has 1 aromatic carbocycles. The molecule has 0 aliphatic carbocycles. The highest BCUT2D eigenvalue weighted by Gasteiger charge is 2.21. The molecule has 1 amide bonds. The summed E-state index contributed by atoms with van der Waals surface area (Å²) in [5, 5.41) is 13.4. The molecule has 0 fully saturated rings. The molecule has 0 bridgehead atoms. The Labute approximate surface area is 132 Å². The quantitative estimate of drug-likeness (QED) is 0.760. The number of anilines is 1. The van der Waals surface area contributed by atoms with E-state index in [0.29, 0.717) is 16.7 Å². The Morgan fingerprint density at radius 3 is 2.74 bits per heavy atom. The average Bonchev–Trinajstić information content (AvgIpc) is 2.53. The van der Waals surface area contributed by atoms with Gasteiger partial charge >= 0.3 is 0 Å². The lowest BCUT2D eigenvalue weighted by Gasteiger charge is -2.11. The van der Waals surface area contributed by atoms with E-state index in [0.717, 1.165) is 5.56 Å². The highest BCUT2D eigenvalue weighted by atomic mass is 16.3. The van der Waals surface area contributed by atoms with E-state index in [2.05, 4.69) is 10.3 Å². The van der Waals surface area contributed by atoms with E-state index >= 15 is 0 Å². The zero-order valence-electron chi connectivity index (χ0n) is 12.7. The van der Waals surface area contributed by atoms with Crippen LogP contribution in [0.5, 0.6) is 5.75 Å². The van der Waals surface area contributed by atoms with Crippen LogP contribution in [0.25, 0.3) is 10.9 Å². The molecule has 0 saturated carbocycles. The van der Waals surface area contributed by atoms with Crippen molar-refractivity contribution in [3.63, 3.8) is 0 Å². The molecule has 2 aromatic heterocycles. The molecule has 116 valence electrons. The van der Waals surface area contributed by atoms with Crippen LogP contribution < -0.4 is 10.9 Å². The Bertz CT molecular complexity index is 976. The first kappa shape index (κ1) is 14.8. The van der Waals surface area contributed by atoms with Gasteiger partial charge in [-0.2, -0.15) is 0 Å². The summed E-state index contributed by atoms with van der Waals surface area (Å²) in [7, 11) is 1.56. The second-order valence-electron chi connectivity index (χ2n) is 5.28. The number of aryl methyl sites for hydroxylation is 2. The molecule has 6 heteroatoms. The van der Waals surface area contributed by atoms with Gasteiger partial charge in [-0.05, 0) is 36.8 Å². The van der Waals surface area contributed by atoms with Gasteiger partial charge in [0.25, 0.3) is 11.5 Å². The van der Waals surface area contributed by atoms with Crippen molar-refractivity contribution in [1.29, 1.82) is 0 Å². The fourth-order valence-electron chi connectivity index (χ4n) is 2.47. The van der Waals surface area contributed by atoms with E-state index in [1.54, 1.807) is 49.6 Å². The number of nitrogens with one attached hydrogen (secondary N) is 1. The third-order valence-corrected chi connectivity index (χ3v) is 3.66. The van der Waals surface area contributed by atoms with Crippen LogP contribution in [0.2, 0.25) is 0 Å². The Morgan fingerprint density at radius 1 is 1.26 bits per heavy atom. The third-order valence-electron chi connectivity index (χ3n) is 3.66. The van der Waals surface area contributed by atoms with Crippen LogP contribution in [0.3, 0.4) is 0 Å². The number of carbonyl (C=O) groups excluding carboxylic acids is 1. The van der Waals surface area contributed by atoms with Crippen molar-refractivity contribution in [2.24, 2.45) is 7.05 Å². The molecule has 0 aliphatic rings. The third kappa shape index (κ3) is 2.55. The first-order valence-electron chi connectivity index (χ1n) is 7.03. The molecule has 3 rings (SSSR count). The summed E-state index contributed by atoms with van der Waals surface area (Å²) in [5.41, 5.74) is 0.618. The molecule has 0 radical (unpaired) electrons. The van der Waals surface area contributed by atoms with Gasteiger partial charge in [0.1, 0.15) is 17.1 Å². The number of hydrogen-bond acceptors (Lipinski definition) is 4. The van der Waals surface area contributed by atoms with E-state index in [1.807, 2.05) is 6.92 Å². The molecular formula is C17H15N3O3. The minimum absolute atomic E-state index is 0.297. The fraction of sp³-hybridized carbons (Fsp3) is 0.118. The summed E-state index contributed by atoms with van der Waals surface area (Å²) in [4.78, 5) is 28.9. The number of nitrogens with zero attached hydrogens (tertiary/aromatic N) is 2. The van der Waals surface area contributed by atoms with Crippen molar-refractivity contribution in [2.45, 2.75) is 6.92 Å². The van der Waals surface area contributed by atoms with Gasteiger partial charge in [-0.25, -0.2) is 4.98 Å². The van der Waals surface area contributed by atoms with Gasteiger partial charge in [-0.15, -0.1) is 0 Å². The van der Waals surface area contributed by atoms with E-state index in [-0.39, 0.29) is 11.3 Å². The minimum atomic E-state index is -0.688. The van der Waals surface area contributed by atoms with Crippen LogP contribution in [0.1, 0.15) is 15.9 Å². The number of carbonyl (C=O) groups is 1. The number of hydrogen-bond donors (Lipinski definition) is 2. The van der Waals surface area contributed by atoms with Crippen molar-refractivity contribution < 1.29 is 9.90 Å². The molecular weight excluding hydrogens is 294 g/mol. The predicted octanol–water partition coefficient (Wildman–Crippen LogP) is 2.20. The maximum atomic E-state index is 12.4. The van der Waals surface area contributed by atoms with Crippen molar-refractivity contribution in [3.8, 4) is 5.75 Å². The molecule has 0 aliphatic heterocycles. The summed E-state index contributed by atoms with van der Waals surface area (Å²) < 4.78 is 1.34. The number of aromatic hydroxyl groups is 1. The largest absolute Gasteiger partial charge is 0.506 e. The number of benzene rings is 1. The molecule has 0 saturated heterocycles. The number of amides is 1. The summed E-state index contributed by atoms with van der Waals surface area (Å²) in [6.45, 7) is 1.86. The monoisotopic (exact) mass is 309 g/mol. The number of aromatic nitrogens is 2. The molecule has 0 unspecified atom stereocenters. The van der Waals surface area contributed by atoms with E-state index in [1.165, 1.54) is 4.57 Å². The van der Waals surface area contributed by atoms with Gasteiger partial charge in [-0.1, -0.05) is 12.1 Å². The van der Waals surface area contributed by atoms with Crippen molar-refractivity contribution >= 4 is 22.6 Å². The lowest BCUT2D eigenvalue weighted by atomic mass is 10.1. The average molecular weight is 309 g/mol. The number of rotatable bonds is 2. The van der Waals surface area contributed by atoms with Crippen molar-refractivity contribution in [1.82, 2.24) is 9.55 Å². The lowest BCUT2D eigenvalue weighted by molar-refractivity contribution is 0.102. The van der Waals surface area contributed by atoms with E-state index in [4.69, 9.17) is 0 Å². The molecule has 6 nitrogen and oxygen atoms in total. The number of pyridine rings is 2. The maximum absolute atomic E-state index is 12.4. The first-order chi connectivity index (χ1) is 11.0. The fourth-order valence-corrected chi connectivity index (χ4v) is 2.47. The topological polar surface area (TPSA) is 84.2 Å². The predicted molar refractivity (Wildman–Crippen MR) is 87.8 cm³/mol. The Morgan fingerprint density at radius 2 is 2.00 bits per heavy atom. The standard InChI is InChI=1S/C17H15N3O3/c1-10-7-8-18-13(9-10)19-16(22)14-15(21)11-5-3-4-6-12(11)20(2)17(14)23/h3-9,21H,1-2H3,(H,18,19,22). The Balaban J connectivity index is 2.12. The SMILES string of the molecule is Cc1ccnc(NC(=O)c2c(O)c3ccccc3n(C)c2=O)c1. The van der Waals surface area contributed by atoms with Gasteiger partial charge in [0.05, 0.1) is 5.52 Å². The van der Waals surface area contributed by atoms with Gasteiger partial charge in [-0.3, -0.25) is 9.59 Å². The molecule has 2 heterocycles. The maximum Gasteiger partial charge on any atom is 0.267 e. The lowest BCUT2D eigenvalue weighted by Crippen LogP contribution is -2.28. The van der Waals surface area contributed by atoms with Gasteiger partial charge in [0.2, 0.25) is 0 Å². The van der Waals surface area contributed by atoms with Crippen LogP contribution in [0, 0.1) is 6.92 Å². The second kappa shape index (κ2) is 5.57. The van der Waals surface area contributed by atoms with Crippen LogP contribution >= 0.6 is 0 Å². The molecule has 0 spiro atoms. The van der Waals surface area contributed by atoms with Crippen LogP contribution in [-0.2, 0) is 7.05 Å². The van der Waals surface area contributed by atoms with E-state index in [9.17, 15) is 14.7 Å². The summed E-state index contributed by atoms with van der Waals surface area (Å²) >= 11 is 0. The van der Waals surface area contributed by atoms with Gasteiger partial charge in [0.15, 0.2) is 0 Å². The molecule has 2 N–H and O–H groups in total. The first-order valence-corrected chi connectivity index (χ1v) is 7.03. The van der Waals surface area contributed by atoms with Gasteiger partial charge < -0.3 is 15.0 Å². The molecule has 0 atom stereocenters. The summed E-state index contributed by atoms with van der Waals surface area (Å²) in [5.74, 6) is -0.689. The van der Waals surface area contributed by atoms with Crippen LogP contribution in [0.4, 0.5) is 5.82 Å². The highest BCUT2D eigenvalue weighted by molar-refractivity contribution is 6.08. The normalized spacial score (nSPS) is 10.7. The summed E-state index contributed by atoms with van der Waals surface area (Å²) in [6, 6.07) is 10.3. The zero-order valence-corrected chi connectivity index (χ0v) is 12.7. The Hall–Kier alpha value is -3.15. The molecule has 23 heavy (non-hydrogen) atoms.